The average molecular weight is 236 g/mol. The van der Waals surface area contributed by atoms with E-state index < -0.39 is 5.91 Å². The van der Waals surface area contributed by atoms with Gasteiger partial charge in [-0.05, 0) is 12.8 Å². The Labute approximate surface area is 99.5 Å². The Morgan fingerprint density at radius 1 is 1.65 bits per heavy atom. The van der Waals surface area contributed by atoms with Crippen LogP contribution in [0.5, 0.6) is 0 Å². The SMILES string of the molecule is C=CCCCNC(=O)c1nn(C)cc1C(N)=O. The molecule has 1 heterocycles. The van der Waals surface area contributed by atoms with Gasteiger partial charge in [-0.3, -0.25) is 14.3 Å². The van der Waals surface area contributed by atoms with Crippen LogP contribution in [0, 0.1) is 0 Å². The van der Waals surface area contributed by atoms with Crippen molar-refractivity contribution in [3.8, 4) is 0 Å². The number of primary amides is 1. The average Bonchev–Trinajstić information content (AvgIpc) is 2.66. The molecule has 1 aromatic rings. The summed E-state index contributed by atoms with van der Waals surface area (Å²) in [5.74, 6) is -1.04. The van der Waals surface area contributed by atoms with Crippen LogP contribution in [-0.2, 0) is 7.05 Å². The Morgan fingerprint density at radius 2 is 2.35 bits per heavy atom. The minimum Gasteiger partial charge on any atom is -0.365 e. The molecular weight excluding hydrogens is 220 g/mol. The van der Waals surface area contributed by atoms with Gasteiger partial charge >= 0.3 is 0 Å². The number of rotatable bonds is 6. The van der Waals surface area contributed by atoms with Gasteiger partial charge in [0.1, 0.15) is 0 Å². The van der Waals surface area contributed by atoms with Crippen LogP contribution in [0.15, 0.2) is 18.9 Å². The molecule has 0 radical (unpaired) electrons. The van der Waals surface area contributed by atoms with Gasteiger partial charge in [0.15, 0.2) is 5.69 Å². The number of hydrogen-bond donors (Lipinski definition) is 2. The molecule has 0 saturated carbocycles. The molecule has 92 valence electrons. The summed E-state index contributed by atoms with van der Waals surface area (Å²) < 4.78 is 1.39. The van der Waals surface area contributed by atoms with Crippen molar-refractivity contribution in [2.75, 3.05) is 6.54 Å². The number of nitrogens with one attached hydrogen (secondary N) is 1. The van der Waals surface area contributed by atoms with Crippen molar-refractivity contribution in [1.82, 2.24) is 15.1 Å². The quantitative estimate of drug-likeness (QED) is 0.546. The van der Waals surface area contributed by atoms with E-state index in [2.05, 4.69) is 17.0 Å². The highest BCUT2D eigenvalue weighted by Gasteiger charge is 2.18. The normalized spacial score (nSPS) is 9.94. The zero-order valence-electron chi connectivity index (χ0n) is 9.77. The topological polar surface area (TPSA) is 90.0 Å². The second kappa shape index (κ2) is 5.83. The summed E-state index contributed by atoms with van der Waals surface area (Å²) in [6.07, 6.45) is 4.84. The van der Waals surface area contributed by atoms with Gasteiger partial charge in [0.2, 0.25) is 0 Å². The minimum absolute atomic E-state index is 0.0682. The lowest BCUT2D eigenvalue weighted by molar-refractivity contribution is 0.0931. The Balaban J connectivity index is 2.68. The molecule has 17 heavy (non-hydrogen) atoms. The van der Waals surface area contributed by atoms with E-state index in [1.165, 1.54) is 10.9 Å². The van der Waals surface area contributed by atoms with Crippen molar-refractivity contribution in [2.24, 2.45) is 12.8 Å². The van der Waals surface area contributed by atoms with Gasteiger partial charge in [0.25, 0.3) is 11.8 Å². The van der Waals surface area contributed by atoms with Gasteiger partial charge in [-0.1, -0.05) is 6.08 Å². The van der Waals surface area contributed by atoms with E-state index in [9.17, 15) is 9.59 Å². The summed E-state index contributed by atoms with van der Waals surface area (Å²) >= 11 is 0. The van der Waals surface area contributed by atoms with Crippen molar-refractivity contribution < 1.29 is 9.59 Å². The number of carbonyl (C=O) groups excluding carboxylic acids is 2. The van der Waals surface area contributed by atoms with Crippen molar-refractivity contribution in [1.29, 1.82) is 0 Å². The molecule has 1 rings (SSSR count). The van der Waals surface area contributed by atoms with Crippen molar-refractivity contribution >= 4 is 11.8 Å². The maximum atomic E-state index is 11.7. The van der Waals surface area contributed by atoms with Crippen LogP contribution < -0.4 is 11.1 Å². The van der Waals surface area contributed by atoms with E-state index in [4.69, 9.17) is 5.73 Å². The third-order valence-corrected chi connectivity index (χ3v) is 2.18. The molecule has 6 heteroatoms. The van der Waals surface area contributed by atoms with Gasteiger partial charge < -0.3 is 11.1 Å². The Bertz CT molecular complexity index is 437. The monoisotopic (exact) mass is 236 g/mol. The molecule has 0 aromatic carbocycles. The highest BCUT2D eigenvalue weighted by molar-refractivity contribution is 6.05. The fraction of sp³-hybridized carbons (Fsp3) is 0.364. The minimum atomic E-state index is -0.658. The molecule has 0 aliphatic rings. The number of aryl methyl sites for hydroxylation is 1. The number of nitrogens with two attached hydrogens (primary N) is 1. The number of carbonyl (C=O) groups is 2. The van der Waals surface area contributed by atoms with Crippen LogP contribution in [0.25, 0.3) is 0 Å². The first kappa shape index (κ1) is 13.0. The number of allylic oxidation sites excluding steroid dienone is 1. The zero-order chi connectivity index (χ0) is 12.8. The van der Waals surface area contributed by atoms with Crippen LogP contribution in [0.4, 0.5) is 0 Å². The van der Waals surface area contributed by atoms with E-state index in [1.807, 2.05) is 0 Å². The van der Waals surface area contributed by atoms with E-state index in [0.29, 0.717) is 6.54 Å². The summed E-state index contributed by atoms with van der Waals surface area (Å²) in [7, 11) is 1.63. The van der Waals surface area contributed by atoms with Gasteiger partial charge in [-0.15, -0.1) is 6.58 Å². The molecular formula is C11H16N4O2. The lowest BCUT2D eigenvalue weighted by atomic mass is 10.2. The lowest BCUT2D eigenvalue weighted by Gasteiger charge is -2.02. The highest BCUT2D eigenvalue weighted by Crippen LogP contribution is 2.05. The van der Waals surface area contributed by atoms with Gasteiger partial charge in [0, 0.05) is 19.8 Å². The van der Waals surface area contributed by atoms with Crippen LogP contribution in [0.2, 0.25) is 0 Å². The number of aromatic nitrogens is 2. The van der Waals surface area contributed by atoms with Crippen molar-refractivity contribution in [3.05, 3.63) is 30.1 Å². The molecule has 0 atom stereocenters. The molecule has 0 unspecified atom stereocenters. The maximum absolute atomic E-state index is 11.7. The largest absolute Gasteiger partial charge is 0.365 e. The van der Waals surface area contributed by atoms with E-state index in [-0.39, 0.29) is 17.2 Å². The molecule has 3 N–H and O–H groups in total. The van der Waals surface area contributed by atoms with Crippen LogP contribution >= 0.6 is 0 Å². The Hall–Kier alpha value is -2.11. The summed E-state index contributed by atoms with van der Waals surface area (Å²) in [4.78, 5) is 22.8. The summed E-state index contributed by atoms with van der Waals surface area (Å²) in [5, 5.41) is 6.59. The van der Waals surface area contributed by atoms with Crippen LogP contribution in [0.3, 0.4) is 0 Å². The molecule has 0 fully saturated rings. The molecule has 0 saturated heterocycles. The van der Waals surface area contributed by atoms with Crippen LogP contribution in [-0.4, -0.2) is 28.1 Å². The second-order valence-electron chi connectivity index (χ2n) is 3.62. The molecule has 0 aliphatic heterocycles. The fourth-order valence-electron chi connectivity index (χ4n) is 1.37. The number of amides is 2. The third kappa shape index (κ3) is 3.44. The standard InChI is InChI=1S/C11H16N4O2/c1-3-4-5-6-13-11(17)9-8(10(12)16)7-15(2)14-9/h3,7H,1,4-6H2,2H3,(H2,12,16)(H,13,17). The van der Waals surface area contributed by atoms with Crippen molar-refractivity contribution in [2.45, 2.75) is 12.8 Å². The highest BCUT2D eigenvalue weighted by atomic mass is 16.2. The van der Waals surface area contributed by atoms with Gasteiger partial charge in [-0.25, -0.2) is 0 Å². The first-order valence-electron chi connectivity index (χ1n) is 5.28. The molecule has 0 aliphatic carbocycles. The summed E-state index contributed by atoms with van der Waals surface area (Å²) in [6.45, 7) is 4.10. The molecule has 6 nitrogen and oxygen atoms in total. The maximum Gasteiger partial charge on any atom is 0.272 e. The summed E-state index contributed by atoms with van der Waals surface area (Å²) in [6, 6.07) is 0. The third-order valence-electron chi connectivity index (χ3n) is 2.18. The van der Waals surface area contributed by atoms with E-state index in [0.717, 1.165) is 12.8 Å². The number of unbranched alkanes of at least 4 members (excludes halogenated alkanes) is 1. The zero-order valence-corrected chi connectivity index (χ0v) is 9.77. The molecule has 0 spiro atoms. The first-order valence-corrected chi connectivity index (χ1v) is 5.28. The van der Waals surface area contributed by atoms with Gasteiger partial charge in [-0.2, -0.15) is 5.10 Å². The smallest absolute Gasteiger partial charge is 0.272 e. The lowest BCUT2D eigenvalue weighted by Crippen LogP contribution is -2.27. The van der Waals surface area contributed by atoms with Gasteiger partial charge in [0.05, 0.1) is 5.56 Å². The molecule has 1 aromatic heterocycles. The first-order chi connectivity index (χ1) is 8.06. The Kier molecular flexibility index (Phi) is 4.45. The van der Waals surface area contributed by atoms with E-state index >= 15 is 0 Å². The predicted octanol–water partition coefficient (Wildman–Crippen LogP) is 0.215. The number of hydrogen-bond acceptors (Lipinski definition) is 3. The fourth-order valence-corrected chi connectivity index (χ4v) is 1.37. The molecule has 2 amide bonds. The molecule has 0 bridgehead atoms. The van der Waals surface area contributed by atoms with Crippen LogP contribution in [0.1, 0.15) is 33.7 Å². The number of nitrogens with zero attached hydrogens (tertiary/aromatic N) is 2. The van der Waals surface area contributed by atoms with E-state index in [1.54, 1.807) is 13.1 Å². The summed E-state index contributed by atoms with van der Waals surface area (Å²) in [5.41, 5.74) is 5.36. The van der Waals surface area contributed by atoms with Crippen molar-refractivity contribution in [3.63, 3.8) is 0 Å². The Morgan fingerprint density at radius 3 is 2.94 bits per heavy atom. The second-order valence-corrected chi connectivity index (χ2v) is 3.62. The predicted molar refractivity (Wildman–Crippen MR) is 63.5 cm³/mol.